The van der Waals surface area contributed by atoms with Crippen molar-refractivity contribution in [3.63, 3.8) is 0 Å². The van der Waals surface area contributed by atoms with Crippen LogP contribution >= 0.6 is 15.9 Å². The summed E-state index contributed by atoms with van der Waals surface area (Å²) in [5.74, 6) is 0. The van der Waals surface area contributed by atoms with E-state index < -0.39 is 0 Å². The zero-order chi connectivity index (χ0) is 16.8. The minimum absolute atomic E-state index is 1.12. The van der Waals surface area contributed by atoms with Gasteiger partial charge in [-0.3, -0.25) is 0 Å². The lowest BCUT2D eigenvalue weighted by Gasteiger charge is -2.08. The molecule has 1 nitrogen and oxygen atoms in total. The van der Waals surface area contributed by atoms with Gasteiger partial charge in [0.2, 0.25) is 0 Å². The quantitative estimate of drug-likeness (QED) is 0.332. The third-order valence-corrected chi connectivity index (χ3v) is 5.46. The molecule has 0 unspecified atom stereocenters. The Balaban J connectivity index is 1.66. The molecule has 0 fully saturated rings. The topological polar surface area (TPSA) is 4.93 Å². The summed E-state index contributed by atoms with van der Waals surface area (Å²) in [7, 11) is 0. The van der Waals surface area contributed by atoms with E-state index in [1.807, 2.05) is 0 Å². The number of rotatable bonds is 9. The van der Waals surface area contributed by atoms with Crippen LogP contribution in [-0.4, -0.2) is 4.57 Å². The summed E-state index contributed by atoms with van der Waals surface area (Å²) in [5.41, 5.74) is 2.72. The molecule has 0 N–H and O–H groups in total. The third kappa shape index (κ3) is 4.03. The molecule has 2 heteroatoms. The standard InChI is InChI=1S/C22H28BrN/c1-2-3-4-5-6-7-8-11-16-24-21-13-10-9-12-19(21)20-15-14-18(23)17-22(20)24/h9-10,12-15,17H,2-8,11,16H2,1H3. The van der Waals surface area contributed by atoms with Crippen LogP contribution in [0.1, 0.15) is 58.3 Å². The van der Waals surface area contributed by atoms with Gasteiger partial charge in [0.15, 0.2) is 0 Å². The van der Waals surface area contributed by atoms with Crippen molar-refractivity contribution in [1.82, 2.24) is 4.57 Å². The van der Waals surface area contributed by atoms with Crippen molar-refractivity contribution in [2.24, 2.45) is 0 Å². The Morgan fingerprint density at radius 1 is 0.750 bits per heavy atom. The Kier molecular flexibility index (Phi) is 6.37. The highest BCUT2D eigenvalue weighted by Gasteiger charge is 2.10. The minimum atomic E-state index is 1.12. The highest BCUT2D eigenvalue weighted by molar-refractivity contribution is 9.10. The Morgan fingerprint density at radius 3 is 2.21 bits per heavy atom. The summed E-state index contributed by atoms with van der Waals surface area (Å²) in [5, 5.41) is 2.74. The van der Waals surface area contributed by atoms with Crippen molar-refractivity contribution in [2.45, 2.75) is 64.8 Å². The van der Waals surface area contributed by atoms with Crippen LogP contribution in [0.4, 0.5) is 0 Å². The number of nitrogens with zero attached hydrogens (tertiary/aromatic N) is 1. The predicted molar refractivity (Wildman–Crippen MR) is 110 cm³/mol. The lowest BCUT2D eigenvalue weighted by molar-refractivity contribution is 0.553. The molecule has 24 heavy (non-hydrogen) atoms. The van der Waals surface area contributed by atoms with Crippen molar-refractivity contribution in [3.8, 4) is 0 Å². The number of hydrogen-bond acceptors (Lipinski definition) is 0. The van der Waals surface area contributed by atoms with Gasteiger partial charge in [-0.15, -0.1) is 0 Å². The fourth-order valence-electron chi connectivity index (χ4n) is 3.67. The summed E-state index contributed by atoms with van der Waals surface area (Å²) < 4.78 is 3.67. The van der Waals surface area contributed by atoms with Gasteiger partial charge in [0.25, 0.3) is 0 Å². The predicted octanol–water partition coefficient (Wildman–Crippen LogP) is 7.70. The fraction of sp³-hybridized carbons (Fsp3) is 0.455. The van der Waals surface area contributed by atoms with Gasteiger partial charge in [-0.25, -0.2) is 0 Å². The lowest BCUT2D eigenvalue weighted by atomic mass is 10.1. The van der Waals surface area contributed by atoms with Crippen LogP contribution in [-0.2, 0) is 6.54 Å². The normalized spacial score (nSPS) is 11.6. The molecular formula is C22H28BrN. The maximum Gasteiger partial charge on any atom is 0.0502 e. The average molecular weight is 386 g/mol. The highest BCUT2D eigenvalue weighted by atomic mass is 79.9. The van der Waals surface area contributed by atoms with Gasteiger partial charge in [0.1, 0.15) is 0 Å². The van der Waals surface area contributed by atoms with Crippen LogP contribution in [0.25, 0.3) is 21.8 Å². The van der Waals surface area contributed by atoms with Crippen molar-refractivity contribution >= 4 is 37.7 Å². The zero-order valence-corrected chi connectivity index (χ0v) is 16.3. The van der Waals surface area contributed by atoms with E-state index in [0.29, 0.717) is 0 Å². The Hall–Kier alpha value is -1.28. The molecule has 0 saturated carbocycles. The van der Waals surface area contributed by atoms with Gasteiger partial charge in [0, 0.05) is 27.3 Å². The van der Waals surface area contributed by atoms with Crippen LogP contribution in [0.5, 0.6) is 0 Å². The second kappa shape index (κ2) is 8.71. The number of para-hydroxylation sites is 1. The maximum atomic E-state index is 3.63. The maximum absolute atomic E-state index is 3.63. The Bertz CT molecular complexity index is 787. The molecule has 1 heterocycles. The summed E-state index contributed by atoms with van der Waals surface area (Å²) in [6.07, 6.45) is 11.0. The van der Waals surface area contributed by atoms with E-state index in [-0.39, 0.29) is 0 Å². The van der Waals surface area contributed by atoms with Gasteiger partial charge in [-0.1, -0.05) is 92.1 Å². The molecule has 0 saturated heterocycles. The first kappa shape index (κ1) is 17.5. The van der Waals surface area contributed by atoms with E-state index in [0.717, 1.165) is 11.0 Å². The van der Waals surface area contributed by atoms with E-state index in [9.17, 15) is 0 Å². The Labute approximate surface area is 154 Å². The van der Waals surface area contributed by atoms with Crippen molar-refractivity contribution in [1.29, 1.82) is 0 Å². The minimum Gasteiger partial charge on any atom is -0.340 e. The largest absolute Gasteiger partial charge is 0.340 e. The van der Waals surface area contributed by atoms with E-state index in [2.05, 4.69) is 69.9 Å². The molecular weight excluding hydrogens is 358 g/mol. The number of fused-ring (bicyclic) bond motifs is 3. The molecule has 0 spiro atoms. The van der Waals surface area contributed by atoms with Crippen LogP contribution < -0.4 is 0 Å². The molecule has 0 aliphatic heterocycles. The van der Waals surface area contributed by atoms with Gasteiger partial charge in [0.05, 0.1) is 5.52 Å². The molecule has 1 aromatic heterocycles. The second-order valence-electron chi connectivity index (χ2n) is 6.81. The summed E-state index contributed by atoms with van der Waals surface area (Å²) in [6.45, 7) is 3.40. The smallest absolute Gasteiger partial charge is 0.0502 e. The van der Waals surface area contributed by atoms with Gasteiger partial charge >= 0.3 is 0 Å². The number of halogens is 1. The number of benzene rings is 2. The number of aromatic nitrogens is 1. The van der Waals surface area contributed by atoms with Crippen molar-refractivity contribution < 1.29 is 0 Å². The summed E-state index contributed by atoms with van der Waals surface area (Å²) in [4.78, 5) is 0. The lowest BCUT2D eigenvalue weighted by Crippen LogP contribution is -1.97. The first-order chi connectivity index (χ1) is 11.8. The van der Waals surface area contributed by atoms with E-state index in [4.69, 9.17) is 0 Å². The SMILES string of the molecule is CCCCCCCCCCn1c2ccccc2c2ccc(Br)cc21. The van der Waals surface area contributed by atoms with Gasteiger partial charge in [-0.2, -0.15) is 0 Å². The third-order valence-electron chi connectivity index (χ3n) is 4.97. The molecule has 0 aliphatic carbocycles. The molecule has 0 amide bonds. The molecule has 0 radical (unpaired) electrons. The number of aryl methyl sites for hydroxylation is 1. The zero-order valence-electron chi connectivity index (χ0n) is 14.7. The van der Waals surface area contributed by atoms with Gasteiger partial charge in [-0.05, 0) is 24.6 Å². The van der Waals surface area contributed by atoms with E-state index in [1.165, 1.54) is 73.2 Å². The monoisotopic (exact) mass is 385 g/mol. The number of unbranched alkanes of at least 4 members (excludes halogenated alkanes) is 7. The molecule has 2 aromatic carbocycles. The Morgan fingerprint density at radius 2 is 1.42 bits per heavy atom. The van der Waals surface area contributed by atoms with E-state index in [1.54, 1.807) is 0 Å². The average Bonchev–Trinajstić information content (AvgIpc) is 2.90. The molecule has 128 valence electrons. The van der Waals surface area contributed by atoms with Crippen LogP contribution in [0, 0.1) is 0 Å². The fourth-order valence-corrected chi connectivity index (χ4v) is 4.02. The van der Waals surface area contributed by atoms with Crippen molar-refractivity contribution in [2.75, 3.05) is 0 Å². The van der Waals surface area contributed by atoms with Crippen LogP contribution in [0.3, 0.4) is 0 Å². The highest BCUT2D eigenvalue weighted by Crippen LogP contribution is 2.31. The van der Waals surface area contributed by atoms with Crippen LogP contribution in [0.15, 0.2) is 46.9 Å². The summed E-state index contributed by atoms with van der Waals surface area (Å²) >= 11 is 3.63. The molecule has 0 bridgehead atoms. The second-order valence-corrected chi connectivity index (χ2v) is 7.72. The molecule has 3 aromatic rings. The first-order valence-electron chi connectivity index (χ1n) is 9.47. The number of hydrogen-bond donors (Lipinski definition) is 0. The molecule has 0 aliphatic rings. The van der Waals surface area contributed by atoms with Gasteiger partial charge < -0.3 is 4.57 Å². The first-order valence-corrected chi connectivity index (χ1v) is 10.3. The van der Waals surface area contributed by atoms with Crippen LogP contribution in [0.2, 0.25) is 0 Å². The van der Waals surface area contributed by atoms with Crippen molar-refractivity contribution in [3.05, 3.63) is 46.9 Å². The molecule has 3 rings (SSSR count). The molecule has 0 atom stereocenters. The summed E-state index contributed by atoms with van der Waals surface area (Å²) in [6, 6.07) is 15.5. The van der Waals surface area contributed by atoms with E-state index >= 15 is 0 Å².